The van der Waals surface area contributed by atoms with E-state index in [9.17, 15) is 44.1 Å². The van der Waals surface area contributed by atoms with Gasteiger partial charge in [0.25, 0.3) is 5.91 Å². The number of aliphatic hydroxyl groups excluding tert-OH is 3. The third kappa shape index (κ3) is 29.0. The van der Waals surface area contributed by atoms with E-state index >= 15 is 8.78 Å². The number of aliphatic hydroxyl groups is 3. The van der Waals surface area contributed by atoms with Crippen LogP contribution in [0.25, 0.3) is 0 Å². The van der Waals surface area contributed by atoms with Crippen LogP contribution in [0.4, 0.5) is 8.78 Å². The largest absolute Gasteiger partial charge is 0.790 e. The Bertz CT molecular complexity index is 1280. The van der Waals surface area contributed by atoms with Crippen molar-refractivity contribution in [3.8, 4) is 0 Å². The average molecular weight is 956 g/mol. The van der Waals surface area contributed by atoms with Crippen molar-refractivity contribution in [1.82, 2.24) is 5.32 Å². The van der Waals surface area contributed by atoms with Crippen molar-refractivity contribution in [3.05, 3.63) is 0 Å². The van der Waals surface area contributed by atoms with Crippen molar-refractivity contribution < 1.29 is 71.6 Å². The number of nitrogens with one attached hydrogen (secondary N) is 1. The third-order valence-corrected chi connectivity index (χ3v) is 12.8. The van der Waals surface area contributed by atoms with Gasteiger partial charge in [0.2, 0.25) is 0 Å². The Kier molecular flexibility index (Phi) is 35.0. The lowest BCUT2D eigenvalue weighted by molar-refractivity contribution is -0.355. The second kappa shape index (κ2) is 37.2. The highest BCUT2D eigenvalue weighted by molar-refractivity contribution is 7.43. The molecule has 7 atom stereocenters. The van der Waals surface area contributed by atoms with Crippen LogP contribution in [0.15, 0.2) is 0 Å². The van der Waals surface area contributed by atoms with E-state index in [0.29, 0.717) is 19.3 Å². The Balaban J connectivity index is 3.05. The molecule has 14 nitrogen and oxygen atoms in total. The number of alkyl halides is 2. The number of halogens is 2. The van der Waals surface area contributed by atoms with Gasteiger partial charge in [-0.25, -0.2) is 0 Å². The molecule has 0 bridgehead atoms. The summed E-state index contributed by atoms with van der Waals surface area (Å²) < 4.78 is 63.7. The Morgan fingerprint density at radius 1 is 0.662 bits per heavy atom. The Hall–Kier alpha value is -1.78. The lowest BCUT2D eigenvalue weighted by atomic mass is 9.95. The minimum atomic E-state index is -5.96. The Morgan fingerprint density at radius 2 is 1.08 bits per heavy atom. The van der Waals surface area contributed by atoms with E-state index in [1.807, 2.05) is 5.32 Å². The molecule has 1 fully saturated rings. The van der Waals surface area contributed by atoms with Crippen molar-refractivity contribution in [2.75, 3.05) is 6.61 Å². The van der Waals surface area contributed by atoms with Gasteiger partial charge in [-0.3, -0.25) is 14.4 Å². The summed E-state index contributed by atoms with van der Waals surface area (Å²) >= 11 is 0. The third-order valence-electron chi connectivity index (χ3n) is 12.3. The lowest BCUT2D eigenvalue weighted by Gasteiger charge is -2.47. The maximum absolute atomic E-state index is 15.4. The van der Waals surface area contributed by atoms with Crippen molar-refractivity contribution in [2.45, 2.75) is 281 Å². The molecule has 0 aromatic carbocycles. The van der Waals surface area contributed by atoms with E-state index in [1.165, 1.54) is 51.4 Å². The highest BCUT2D eigenvalue weighted by atomic mass is 31.2. The molecule has 1 rings (SSSR count). The summed E-state index contributed by atoms with van der Waals surface area (Å²) in [6.07, 6.45) is 16.6. The standard InChI is InChI=1S/C48H90F2NO13P/c1-4-7-10-13-16-19-20-23-26-29-32-35-41(54)61-38(33-30-27-24-21-17-14-11-8-5-2)36-42(55)63-45-43(46(56)62-39(37-52)44(45)64-65(58,59)60)51-47(57)48(49,50)40(53)34-31-28-25-22-18-15-12-9-6-3/h38-40,43-46,52-53,56H,4-37H2,1-3H3,(H,51,57)(H2,58,59,60)/p-2/t38?,39-,40?,43-,44-,45-,46?/m1/s1. The number of amides is 1. The Labute approximate surface area is 389 Å². The van der Waals surface area contributed by atoms with Crippen molar-refractivity contribution in [2.24, 2.45) is 0 Å². The molecule has 0 radical (unpaired) electrons. The molecular weight excluding hydrogens is 867 g/mol. The molecule has 65 heavy (non-hydrogen) atoms. The Morgan fingerprint density at radius 3 is 1.51 bits per heavy atom. The molecule has 1 aliphatic heterocycles. The van der Waals surface area contributed by atoms with Gasteiger partial charge < -0.3 is 53.7 Å². The van der Waals surface area contributed by atoms with Crippen LogP contribution in [0, 0.1) is 0 Å². The first-order valence-electron chi connectivity index (χ1n) is 25.5. The number of rotatable bonds is 42. The van der Waals surface area contributed by atoms with Crippen LogP contribution in [0.3, 0.4) is 0 Å². The highest BCUT2D eigenvalue weighted by Gasteiger charge is 2.53. The van der Waals surface area contributed by atoms with Crippen LogP contribution in [0.2, 0.25) is 0 Å². The molecule has 0 aliphatic carbocycles. The fraction of sp³-hybridized carbons (Fsp3) is 0.938. The molecule has 384 valence electrons. The minimum absolute atomic E-state index is 0.121. The molecule has 1 aliphatic rings. The first-order chi connectivity index (χ1) is 31.1. The molecule has 3 unspecified atom stereocenters. The van der Waals surface area contributed by atoms with Crippen LogP contribution in [0.1, 0.15) is 233 Å². The van der Waals surface area contributed by atoms with Gasteiger partial charge >= 0.3 is 17.9 Å². The maximum atomic E-state index is 15.4. The number of hydrogen-bond acceptors (Lipinski definition) is 13. The van der Waals surface area contributed by atoms with E-state index in [2.05, 4.69) is 25.3 Å². The van der Waals surface area contributed by atoms with E-state index < -0.39 is 93.9 Å². The van der Waals surface area contributed by atoms with E-state index in [0.717, 1.165) is 109 Å². The van der Waals surface area contributed by atoms with Crippen molar-refractivity contribution in [1.29, 1.82) is 0 Å². The minimum Gasteiger partial charge on any atom is -0.790 e. The second-order valence-corrected chi connectivity index (χ2v) is 19.3. The molecule has 1 saturated heterocycles. The predicted octanol–water partition coefficient (Wildman–Crippen LogP) is 9.15. The van der Waals surface area contributed by atoms with E-state index in [4.69, 9.17) is 14.2 Å². The zero-order chi connectivity index (χ0) is 48.4. The molecule has 17 heteroatoms. The summed E-state index contributed by atoms with van der Waals surface area (Å²) in [5.74, 6) is -8.19. The highest BCUT2D eigenvalue weighted by Crippen LogP contribution is 2.36. The second-order valence-electron chi connectivity index (χ2n) is 18.2. The molecule has 1 heterocycles. The number of carbonyl (C=O) groups is 3. The first-order valence-corrected chi connectivity index (χ1v) is 27.0. The fourth-order valence-electron chi connectivity index (χ4n) is 8.32. The van der Waals surface area contributed by atoms with Gasteiger partial charge in [0.1, 0.15) is 30.5 Å². The summed E-state index contributed by atoms with van der Waals surface area (Å²) in [5, 5.41) is 33.1. The molecule has 0 saturated carbocycles. The van der Waals surface area contributed by atoms with Crippen LogP contribution in [0.5, 0.6) is 0 Å². The monoisotopic (exact) mass is 956 g/mol. The van der Waals surface area contributed by atoms with Crippen molar-refractivity contribution in [3.63, 3.8) is 0 Å². The van der Waals surface area contributed by atoms with Gasteiger partial charge in [0, 0.05) is 6.42 Å². The summed E-state index contributed by atoms with van der Waals surface area (Å²) in [4.78, 5) is 63.5. The van der Waals surface area contributed by atoms with Crippen molar-refractivity contribution >= 4 is 25.7 Å². The number of unbranched alkanes of at least 4 members (excludes halogenated alkanes) is 26. The molecule has 0 aromatic rings. The lowest BCUT2D eigenvalue weighted by Crippen LogP contribution is -2.67. The van der Waals surface area contributed by atoms with Crippen LogP contribution >= 0.6 is 7.82 Å². The molecule has 0 aromatic heterocycles. The zero-order valence-electron chi connectivity index (χ0n) is 40.2. The quantitative estimate of drug-likeness (QED) is 0.0255. The number of phosphoric acid groups is 1. The number of phosphoric ester groups is 1. The summed E-state index contributed by atoms with van der Waals surface area (Å²) in [6.45, 7) is 5.39. The van der Waals surface area contributed by atoms with Gasteiger partial charge in [-0.05, 0) is 25.7 Å². The first kappa shape index (κ1) is 61.2. The van der Waals surface area contributed by atoms with Gasteiger partial charge in [-0.2, -0.15) is 8.78 Å². The van der Waals surface area contributed by atoms with Crippen LogP contribution in [-0.4, -0.2) is 88.5 Å². The number of ether oxygens (including phenoxy) is 3. The molecular formula is C48H88F2NO13P-2. The van der Waals surface area contributed by atoms with Crippen LogP contribution < -0.4 is 15.1 Å². The zero-order valence-corrected chi connectivity index (χ0v) is 41.1. The van der Waals surface area contributed by atoms with E-state index in [1.54, 1.807) is 0 Å². The topological polar surface area (TPSA) is 224 Å². The smallest absolute Gasteiger partial charge is 0.349 e. The van der Waals surface area contributed by atoms with E-state index in [-0.39, 0.29) is 19.3 Å². The molecule has 1 amide bonds. The number of hydrogen-bond donors (Lipinski definition) is 4. The number of carbonyl (C=O) groups excluding carboxylic acids is 3. The van der Waals surface area contributed by atoms with Crippen LogP contribution in [-0.2, 0) is 37.7 Å². The summed E-state index contributed by atoms with van der Waals surface area (Å²) in [7, 11) is -5.96. The normalized spacial score (nSPS) is 20.1. The fourth-order valence-corrected chi connectivity index (χ4v) is 8.87. The summed E-state index contributed by atoms with van der Waals surface area (Å²) in [5.41, 5.74) is 0. The molecule has 0 spiro atoms. The average Bonchev–Trinajstić information content (AvgIpc) is 3.25. The molecule has 4 N–H and O–H groups in total. The summed E-state index contributed by atoms with van der Waals surface area (Å²) in [6, 6.07) is -2.16. The number of esters is 2. The van der Waals surface area contributed by atoms with Gasteiger partial charge in [-0.1, -0.05) is 194 Å². The van der Waals surface area contributed by atoms with Gasteiger partial charge in [-0.15, -0.1) is 0 Å². The SMILES string of the molecule is CCCCCCCCCCCCCC(=O)OC(CCCCCCCCCCC)CC(=O)O[C@H]1[C@H](OP(=O)([O-])[O-])[C@@H](CO)OC(O)[C@@H]1NC(=O)C(F)(F)C(O)CCCCCCCCCCC. The maximum Gasteiger partial charge on any atom is 0.349 e. The predicted molar refractivity (Wildman–Crippen MR) is 242 cm³/mol. The van der Waals surface area contributed by atoms with Gasteiger partial charge in [0.15, 0.2) is 12.4 Å². The van der Waals surface area contributed by atoms with Gasteiger partial charge in [0.05, 0.1) is 20.9 Å².